The number of nitrogens with zero attached hydrogens (tertiary/aromatic N) is 3. The van der Waals surface area contributed by atoms with E-state index < -0.39 is 0 Å². The number of pyridine rings is 1. The van der Waals surface area contributed by atoms with Gasteiger partial charge in [0, 0.05) is 35.1 Å². The van der Waals surface area contributed by atoms with E-state index in [1.54, 1.807) is 24.4 Å². The molecule has 1 aliphatic heterocycles. The van der Waals surface area contributed by atoms with Crippen LogP contribution in [0.5, 0.6) is 5.75 Å². The monoisotopic (exact) mass is 563 g/mol. The van der Waals surface area contributed by atoms with Crippen molar-refractivity contribution in [1.82, 2.24) is 14.9 Å². The highest BCUT2D eigenvalue weighted by molar-refractivity contribution is 7.80. The highest BCUT2D eigenvalue weighted by Crippen LogP contribution is 2.42. The maximum absolute atomic E-state index is 14.2. The first-order chi connectivity index (χ1) is 20.1. The van der Waals surface area contributed by atoms with Crippen LogP contribution in [0, 0.1) is 5.82 Å². The summed E-state index contributed by atoms with van der Waals surface area (Å²) >= 11 is 5.85. The topological polar surface area (TPSA) is 71.4 Å². The molecule has 5 aromatic rings. The number of rotatable bonds is 8. The van der Waals surface area contributed by atoms with Crippen LogP contribution >= 0.6 is 12.2 Å². The SMILES string of the molecule is O=C(COc1ccccc1)Nc1ccc(N2C(=S)NC(c3ccccn3)C2c2cccn2-c2cccc(F)c2)cc1. The van der Waals surface area contributed by atoms with Crippen molar-refractivity contribution < 1.29 is 13.9 Å². The Morgan fingerprint density at radius 2 is 1.73 bits per heavy atom. The number of ether oxygens (including phenoxy) is 1. The summed E-state index contributed by atoms with van der Waals surface area (Å²) in [7, 11) is 0. The Kier molecular flexibility index (Phi) is 7.42. The van der Waals surface area contributed by atoms with Crippen LogP contribution in [0.4, 0.5) is 15.8 Å². The van der Waals surface area contributed by atoms with E-state index in [0.717, 1.165) is 17.1 Å². The number of aromatic nitrogens is 2. The van der Waals surface area contributed by atoms with Gasteiger partial charge in [0.2, 0.25) is 0 Å². The molecule has 1 aliphatic rings. The first-order valence-corrected chi connectivity index (χ1v) is 13.5. The third-order valence-corrected chi connectivity index (χ3v) is 7.12. The number of hydrogen-bond acceptors (Lipinski definition) is 4. The third-order valence-electron chi connectivity index (χ3n) is 6.81. The van der Waals surface area contributed by atoms with Crippen LogP contribution in [-0.4, -0.2) is 27.2 Å². The molecule has 0 saturated carbocycles. The average molecular weight is 564 g/mol. The maximum atomic E-state index is 14.2. The summed E-state index contributed by atoms with van der Waals surface area (Å²) in [5.41, 5.74) is 3.91. The first-order valence-electron chi connectivity index (χ1n) is 13.1. The van der Waals surface area contributed by atoms with Gasteiger partial charge in [0.15, 0.2) is 11.7 Å². The summed E-state index contributed by atoms with van der Waals surface area (Å²) in [5, 5.41) is 6.85. The van der Waals surface area contributed by atoms with Crippen LogP contribution in [0.25, 0.3) is 5.69 Å². The molecule has 2 atom stereocenters. The Hall–Kier alpha value is -5.02. The number of nitrogens with one attached hydrogen (secondary N) is 2. The standard InChI is InChI=1S/C32H26FN5O2S/c33-22-8-6-9-25(20-22)37-19-7-13-28(37)31-30(27-12-4-5-18-34-27)36-32(41)38(31)24-16-14-23(15-17-24)35-29(39)21-40-26-10-2-1-3-11-26/h1-20,30-31H,21H2,(H,35,39)(H,36,41). The van der Waals surface area contributed by atoms with Crippen LogP contribution in [0.2, 0.25) is 0 Å². The van der Waals surface area contributed by atoms with Crippen molar-refractivity contribution >= 4 is 34.6 Å². The molecule has 41 heavy (non-hydrogen) atoms. The number of carbonyl (C=O) groups excluding carboxylic acids is 1. The van der Waals surface area contributed by atoms with Gasteiger partial charge in [-0.15, -0.1) is 0 Å². The fourth-order valence-electron chi connectivity index (χ4n) is 5.00. The molecular weight excluding hydrogens is 537 g/mol. The molecule has 9 heteroatoms. The van der Waals surface area contributed by atoms with Gasteiger partial charge in [0.25, 0.3) is 5.91 Å². The average Bonchev–Trinajstić information content (AvgIpc) is 3.62. The van der Waals surface area contributed by atoms with Crippen LogP contribution in [0.3, 0.4) is 0 Å². The molecule has 3 heterocycles. The minimum absolute atomic E-state index is 0.100. The molecule has 2 aromatic heterocycles. The molecular formula is C32H26FN5O2S. The molecule has 6 rings (SSSR count). The highest BCUT2D eigenvalue weighted by Gasteiger charge is 2.42. The van der Waals surface area contributed by atoms with Crippen molar-refractivity contribution in [1.29, 1.82) is 0 Å². The van der Waals surface area contributed by atoms with Crippen LogP contribution in [0.15, 0.2) is 122 Å². The fourth-order valence-corrected chi connectivity index (χ4v) is 5.34. The largest absolute Gasteiger partial charge is 0.484 e. The molecule has 7 nitrogen and oxygen atoms in total. The lowest BCUT2D eigenvalue weighted by atomic mass is 10.0. The quantitative estimate of drug-likeness (QED) is 0.219. The summed E-state index contributed by atoms with van der Waals surface area (Å²) < 4.78 is 21.7. The first kappa shape index (κ1) is 26.2. The predicted octanol–water partition coefficient (Wildman–Crippen LogP) is 6.21. The number of thiocarbonyl (C=S) groups is 1. The lowest BCUT2D eigenvalue weighted by Gasteiger charge is -2.29. The van der Waals surface area contributed by atoms with Crippen molar-refractivity contribution in [2.24, 2.45) is 0 Å². The number of para-hydroxylation sites is 1. The fraction of sp³-hybridized carbons (Fsp3) is 0.0938. The van der Waals surface area contributed by atoms with Crippen molar-refractivity contribution in [3.63, 3.8) is 0 Å². The zero-order chi connectivity index (χ0) is 28.2. The van der Waals surface area contributed by atoms with Crippen LogP contribution in [0.1, 0.15) is 23.5 Å². The number of halogens is 1. The van der Waals surface area contributed by atoms with E-state index in [9.17, 15) is 9.18 Å². The van der Waals surface area contributed by atoms with Crippen LogP contribution < -0.4 is 20.3 Å². The van der Waals surface area contributed by atoms with E-state index in [2.05, 4.69) is 15.6 Å². The van der Waals surface area contributed by atoms with Crippen molar-refractivity contribution in [3.8, 4) is 11.4 Å². The van der Waals surface area contributed by atoms with Gasteiger partial charge in [-0.05, 0) is 91.1 Å². The van der Waals surface area contributed by atoms with E-state index in [4.69, 9.17) is 17.0 Å². The molecule has 1 fully saturated rings. The van der Waals surface area contributed by atoms with Crippen molar-refractivity contribution in [3.05, 3.63) is 139 Å². The summed E-state index contributed by atoms with van der Waals surface area (Å²) in [6.45, 7) is -0.100. The Bertz CT molecular complexity index is 1660. The molecule has 2 N–H and O–H groups in total. The Balaban J connectivity index is 1.29. The minimum Gasteiger partial charge on any atom is -0.484 e. The van der Waals surface area contributed by atoms with Gasteiger partial charge in [-0.3, -0.25) is 9.78 Å². The lowest BCUT2D eigenvalue weighted by Crippen LogP contribution is -2.30. The molecule has 0 aliphatic carbocycles. The van der Waals surface area contributed by atoms with Crippen molar-refractivity contribution in [2.75, 3.05) is 16.8 Å². The summed E-state index contributed by atoms with van der Waals surface area (Å²) in [5.74, 6) is 0.0534. The second kappa shape index (κ2) is 11.6. The highest BCUT2D eigenvalue weighted by atomic mass is 32.1. The maximum Gasteiger partial charge on any atom is 0.262 e. The molecule has 204 valence electrons. The number of hydrogen-bond donors (Lipinski definition) is 2. The van der Waals surface area contributed by atoms with E-state index in [1.807, 2.05) is 94.5 Å². The molecule has 2 unspecified atom stereocenters. The molecule has 0 radical (unpaired) electrons. The summed E-state index contributed by atoms with van der Waals surface area (Å²) in [6.07, 6.45) is 3.67. The molecule has 0 bridgehead atoms. The van der Waals surface area contributed by atoms with Gasteiger partial charge >= 0.3 is 0 Å². The summed E-state index contributed by atoms with van der Waals surface area (Å²) in [6, 6.07) is 32.3. The number of carbonyl (C=O) groups is 1. The normalized spacial score (nSPS) is 16.3. The Morgan fingerprint density at radius 1 is 0.927 bits per heavy atom. The van der Waals surface area contributed by atoms with Gasteiger partial charge in [-0.25, -0.2) is 4.39 Å². The molecule has 3 aromatic carbocycles. The van der Waals surface area contributed by atoms with Crippen molar-refractivity contribution in [2.45, 2.75) is 12.1 Å². The summed E-state index contributed by atoms with van der Waals surface area (Å²) in [4.78, 5) is 19.1. The van der Waals surface area contributed by atoms with Crippen LogP contribution in [-0.2, 0) is 4.79 Å². The van der Waals surface area contributed by atoms with Gasteiger partial charge < -0.3 is 24.8 Å². The zero-order valence-corrected chi connectivity index (χ0v) is 22.7. The van der Waals surface area contributed by atoms with Gasteiger partial charge in [-0.2, -0.15) is 0 Å². The molecule has 0 spiro atoms. The molecule has 1 saturated heterocycles. The Morgan fingerprint density at radius 3 is 2.49 bits per heavy atom. The zero-order valence-electron chi connectivity index (χ0n) is 21.9. The Labute approximate surface area is 242 Å². The second-order valence-corrected chi connectivity index (χ2v) is 9.86. The third kappa shape index (κ3) is 5.66. The van der Waals surface area contributed by atoms with Gasteiger partial charge in [0.05, 0.1) is 11.7 Å². The second-order valence-electron chi connectivity index (χ2n) is 9.48. The van der Waals surface area contributed by atoms with Gasteiger partial charge in [0.1, 0.15) is 17.6 Å². The lowest BCUT2D eigenvalue weighted by molar-refractivity contribution is -0.118. The minimum atomic E-state index is -0.313. The number of anilines is 2. The van der Waals surface area contributed by atoms with E-state index in [0.29, 0.717) is 22.2 Å². The number of amides is 1. The predicted molar refractivity (Wildman–Crippen MR) is 161 cm³/mol. The molecule has 1 amide bonds. The van der Waals surface area contributed by atoms with E-state index in [-0.39, 0.29) is 30.4 Å². The van der Waals surface area contributed by atoms with E-state index in [1.165, 1.54) is 12.1 Å². The smallest absolute Gasteiger partial charge is 0.262 e. The van der Waals surface area contributed by atoms with E-state index >= 15 is 0 Å². The van der Waals surface area contributed by atoms with Gasteiger partial charge in [-0.1, -0.05) is 30.3 Å². The number of benzene rings is 3.